The standard InChI is InChI=1S/C18H16ClN5O2/c19-13-6-4-12(5-7-13)16-10-24-15(11-26-16)17(22-23-24)18(25)21-9-14-3-1-2-8-20-14/h1-8,16H,9-11H2,(H,21,25)/t16-/m1/s1. The first-order valence-electron chi connectivity index (χ1n) is 8.18. The molecular weight excluding hydrogens is 354 g/mol. The number of aromatic nitrogens is 4. The van der Waals surface area contributed by atoms with Crippen LogP contribution in [0.15, 0.2) is 48.7 Å². The minimum absolute atomic E-state index is 0.147. The zero-order valence-electron chi connectivity index (χ0n) is 13.8. The summed E-state index contributed by atoms with van der Waals surface area (Å²) in [5.41, 5.74) is 2.75. The third-order valence-corrected chi connectivity index (χ3v) is 4.46. The Morgan fingerprint density at radius 1 is 1.27 bits per heavy atom. The van der Waals surface area contributed by atoms with Crippen LogP contribution in [0.3, 0.4) is 0 Å². The van der Waals surface area contributed by atoms with Gasteiger partial charge in [0.25, 0.3) is 5.91 Å². The molecule has 1 N–H and O–H groups in total. The van der Waals surface area contributed by atoms with Crippen molar-refractivity contribution in [1.82, 2.24) is 25.3 Å². The largest absolute Gasteiger partial charge is 0.365 e. The van der Waals surface area contributed by atoms with E-state index < -0.39 is 0 Å². The van der Waals surface area contributed by atoms with Crippen LogP contribution in [0.25, 0.3) is 0 Å². The number of rotatable bonds is 4. The van der Waals surface area contributed by atoms with Gasteiger partial charge in [-0.05, 0) is 29.8 Å². The maximum absolute atomic E-state index is 12.4. The summed E-state index contributed by atoms with van der Waals surface area (Å²) >= 11 is 5.93. The smallest absolute Gasteiger partial charge is 0.274 e. The maximum atomic E-state index is 12.4. The predicted molar refractivity (Wildman–Crippen MR) is 94.4 cm³/mol. The summed E-state index contributed by atoms with van der Waals surface area (Å²) in [4.78, 5) is 16.6. The second-order valence-electron chi connectivity index (χ2n) is 5.92. The van der Waals surface area contributed by atoms with Crippen LogP contribution in [0.4, 0.5) is 0 Å². The lowest BCUT2D eigenvalue weighted by atomic mass is 10.1. The summed E-state index contributed by atoms with van der Waals surface area (Å²) in [7, 11) is 0. The Balaban J connectivity index is 1.45. The molecule has 1 aromatic carbocycles. The fourth-order valence-corrected chi connectivity index (χ4v) is 2.95. The quantitative estimate of drug-likeness (QED) is 0.764. The number of benzene rings is 1. The number of ether oxygens (including phenoxy) is 1. The van der Waals surface area contributed by atoms with Crippen LogP contribution in [-0.4, -0.2) is 25.9 Å². The van der Waals surface area contributed by atoms with Crippen molar-refractivity contribution in [1.29, 1.82) is 0 Å². The van der Waals surface area contributed by atoms with Crippen molar-refractivity contribution in [2.24, 2.45) is 0 Å². The van der Waals surface area contributed by atoms with Gasteiger partial charge in [0.15, 0.2) is 5.69 Å². The predicted octanol–water partition coefficient (Wildman–Crippen LogP) is 2.53. The van der Waals surface area contributed by atoms with Crippen molar-refractivity contribution in [3.8, 4) is 0 Å². The molecule has 8 heteroatoms. The molecule has 2 aromatic heterocycles. The molecule has 0 radical (unpaired) electrons. The summed E-state index contributed by atoms with van der Waals surface area (Å²) < 4.78 is 7.63. The Kier molecular flexibility index (Phi) is 4.64. The SMILES string of the molecule is O=C(NCc1ccccn1)c1nnn2c1CO[C@@H](c1ccc(Cl)cc1)C2. The fraction of sp³-hybridized carbons (Fsp3) is 0.222. The number of fused-ring (bicyclic) bond motifs is 1. The summed E-state index contributed by atoms with van der Waals surface area (Å²) in [6.07, 6.45) is 1.54. The Labute approximate surface area is 155 Å². The van der Waals surface area contributed by atoms with Gasteiger partial charge in [0.1, 0.15) is 6.10 Å². The van der Waals surface area contributed by atoms with E-state index in [0.717, 1.165) is 11.3 Å². The Hall–Kier alpha value is -2.77. The highest BCUT2D eigenvalue weighted by Gasteiger charge is 2.27. The van der Waals surface area contributed by atoms with Crippen LogP contribution in [0.5, 0.6) is 0 Å². The lowest BCUT2D eigenvalue weighted by Gasteiger charge is -2.24. The zero-order chi connectivity index (χ0) is 17.9. The highest BCUT2D eigenvalue weighted by molar-refractivity contribution is 6.30. The minimum atomic E-state index is -0.287. The molecule has 3 heterocycles. The second kappa shape index (κ2) is 7.23. The van der Waals surface area contributed by atoms with E-state index in [1.54, 1.807) is 10.9 Å². The third kappa shape index (κ3) is 3.44. The first-order valence-corrected chi connectivity index (χ1v) is 8.56. The first kappa shape index (κ1) is 16.7. The summed E-state index contributed by atoms with van der Waals surface area (Å²) in [5.74, 6) is -0.287. The van der Waals surface area contributed by atoms with E-state index in [0.29, 0.717) is 23.8 Å². The Morgan fingerprint density at radius 3 is 2.88 bits per heavy atom. The van der Waals surface area contributed by atoms with E-state index in [4.69, 9.17) is 16.3 Å². The van der Waals surface area contributed by atoms with Crippen molar-refractivity contribution in [2.75, 3.05) is 0 Å². The van der Waals surface area contributed by atoms with Gasteiger partial charge < -0.3 is 10.1 Å². The monoisotopic (exact) mass is 369 g/mol. The number of hydrogen-bond donors (Lipinski definition) is 1. The molecule has 26 heavy (non-hydrogen) atoms. The number of nitrogens with one attached hydrogen (secondary N) is 1. The molecule has 0 aliphatic carbocycles. The van der Waals surface area contributed by atoms with Gasteiger partial charge in [-0.2, -0.15) is 0 Å². The van der Waals surface area contributed by atoms with Gasteiger partial charge in [0.05, 0.1) is 31.1 Å². The normalized spacial score (nSPS) is 16.1. The lowest BCUT2D eigenvalue weighted by Crippen LogP contribution is -2.27. The molecule has 0 saturated carbocycles. The second-order valence-corrected chi connectivity index (χ2v) is 6.36. The average molecular weight is 370 g/mol. The summed E-state index contributed by atoms with van der Waals surface area (Å²) in [6.45, 7) is 1.10. The van der Waals surface area contributed by atoms with Gasteiger partial charge in [-0.1, -0.05) is 35.0 Å². The number of hydrogen-bond acceptors (Lipinski definition) is 5. The molecule has 0 spiro atoms. The van der Waals surface area contributed by atoms with Gasteiger partial charge in [-0.3, -0.25) is 9.78 Å². The molecule has 0 fully saturated rings. The van der Waals surface area contributed by atoms with E-state index in [1.807, 2.05) is 42.5 Å². The molecule has 0 bridgehead atoms. The van der Waals surface area contributed by atoms with E-state index >= 15 is 0 Å². The third-order valence-electron chi connectivity index (χ3n) is 4.21. The lowest BCUT2D eigenvalue weighted by molar-refractivity contribution is -0.00177. The van der Waals surface area contributed by atoms with Crippen LogP contribution >= 0.6 is 11.6 Å². The highest BCUT2D eigenvalue weighted by atomic mass is 35.5. The van der Waals surface area contributed by atoms with Crippen molar-refractivity contribution >= 4 is 17.5 Å². The Morgan fingerprint density at radius 2 is 2.12 bits per heavy atom. The van der Waals surface area contributed by atoms with Crippen molar-refractivity contribution in [2.45, 2.75) is 25.8 Å². The molecule has 3 aromatic rings. The van der Waals surface area contributed by atoms with E-state index in [1.165, 1.54) is 0 Å². The molecule has 1 amide bonds. The molecular formula is C18H16ClN5O2. The van der Waals surface area contributed by atoms with Crippen LogP contribution in [0.2, 0.25) is 5.02 Å². The average Bonchev–Trinajstić information content (AvgIpc) is 3.11. The zero-order valence-corrected chi connectivity index (χ0v) is 14.6. The number of carbonyl (C=O) groups excluding carboxylic acids is 1. The number of pyridine rings is 1. The minimum Gasteiger partial charge on any atom is -0.365 e. The van der Waals surface area contributed by atoms with Crippen LogP contribution < -0.4 is 5.32 Å². The molecule has 7 nitrogen and oxygen atoms in total. The highest BCUT2D eigenvalue weighted by Crippen LogP contribution is 2.27. The molecule has 1 atom stereocenters. The number of nitrogens with zero attached hydrogens (tertiary/aromatic N) is 4. The first-order chi connectivity index (χ1) is 12.7. The van der Waals surface area contributed by atoms with Gasteiger partial charge in [0.2, 0.25) is 0 Å². The van der Waals surface area contributed by atoms with Gasteiger partial charge in [-0.25, -0.2) is 4.68 Å². The van der Waals surface area contributed by atoms with Crippen LogP contribution in [-0.2, 0) is 24.4 Å². The maximum Gasteiger partial charge on any atom is 0.274 e. The van der Waals surface area contributed by atoms with Gasteiger partial charge in [-0.15, -0.1) is 5.10 Å². The van der Waals surface area contributed by atoms with Gasteiger partial charge in [0, 0.05) is 11.2 Å². The van der Waals surface area contributed by atoms with E-state index in [9.17, 15) is 4.79 Å². The van der Waals surface area contributed by atoms with Crippen molar-refractivity contribution in [3.63, 3.8) is 0 Å². The number of amides is 1. The molecule has 4 rings (SSSR count). The number of halogens is 1. The molecule has 1 aliphatic heterocycles. The summed E-state index contributed by atoms with van der Waals surface area (Å²) in [5, 5.41) is 11.6. The van der Waals surface area contributed by atoms with Gasteiger partial charge >= 0.3 is 0 Å². The van der Waals surface area contributed by atoms with E-state index in [2.05, 4.69) is 20.6 Å². The van der Waals surface area contributed by atoms with E-state index in [-0.39, 0.29) is 24.3 Å². The van der Waals surface area contributed by atoms with Crippen LogP contribution in [0, 0.1) is 0 Å². The topological polar surface area (TPSA) is 81.9 Å². The van der Waals surface area contributed by atoms with Crippen molar-refractivity contribution < 1.29 is 9.53 Å². The molecule has 132 valence electrons. The Bertz CT molecular complexity index is 911. The molecule has 0 unspecified atom stereocenters. The number of carbonyl (C=O) groups is 1. The summed E-state index contributed by atoms with van der Waals surface area (Å²) in [6, 6.07) is 13.1. The van der Waals surface area contributed by atoms with Crippen LogP contribution in [0.1, 0.15) is 33.5 Å². The molecule has 1 aliphatic rings. The fourth-order valence-electron chi connectivity index (χ4n) is 2.82. The van der Waals surface area contributed by atoms with Crippen molar-refractivity contribution in [3.05, 3.63) is 76.3 Å². The molecule has 0 saturated heterocycles.